The molecule has 0 saturated carbocycles. The highest BCUT2D eigenvalue weighted by molar-refractivity contribution is 5.89. The van der Waals surface area contributed by atoms with Crippen molar-refractivity contribution < 1.29 is 4.79 Å². The fraction of sp³-hybridized carbons (Fsp3) is 0.562. The third kappa shape index (κ3) is 4.27. The van der Waals surface area contributed by atoms with E-state index in [1.165, 1.54) is 11.1 Å². The van der Waals surface area contributed by atoms with E-state index in [0.717, 1.165) is 5.69 Å². The minimum Gasteiger partial charge on any atom is -0.341 e. The molecule has 1 aromatic carbocycles. The van der Waals surface area contributed by atoms with Crippen molar-refractivity contribution >= 4 is 11.7 Å². The van der Waals surface area contributed by atoms with Gasteiger partial charge >= 0.3 is 6.03 Å². The Kier molecular flexibility index (Phi) is 4.28. The van der Waals surface area contributed by atoms with Gasteiger partial charge in [0.25, 0.3) is 0 Å². The van der Waals surface area contributed by atoms with Crippen LogP contribution in [0.5, 0.6) is 0 Å². The molecule has 2 amide bonds. The number of urea groups is 1. The molecule has 0 saturated heterocycles. The van der Waals surface area contributed by atoms with Crippen LogP contribution in [0.2, 0.25) is 0 Å². The van der Waals surface area contributed by atoms with E-state index in [1.54, 1.807) is 7.05 Å². The van der Waals surface area contributed by atoms with Crippen molar-refractivity contribution in [3.63, 3.8) is 0 Å². The SMILES string of the molecule is CNC(=O)Nc1cc(C(C)(C)C)cc(C(C)(C)C)c1. The standard InChI is InChI=1S/C16H26N2O/c1-15(2,3)11-8-12(16(4,5)6)10-13(9-11)18-14(19)17-7/h8-10H,1-7H3,(H2,17,18,19). The molecule has 0 spiro atoms. The first-order valence-corrected chi connectivity index (χ1v) is 6.69. The summed E-state index contributed by atoms with van der Waals surface area (Å²) in [5.41, 5.74) is 3.41. The van der Waals surface area contributed by atoms with Crippen molar-refractivity contribution in [2.75, 3.05) is 12.4 Å². The number of hydrogen-bond donors (Lipinski definition) is 2. The number of anilines is 1. The number of carbonyl (C=O) groups excluding carboxylic acids is 1. The molecule has 3 heteroatoms. The first kappa shape index (κ1) is 15.5. The van der Waals surface area contributed by atoms with Crippen LogP contribution >= 0.6 is 0 Å². The quantitative estimate of drug-likeness (QED) is 0.788. The Morgan fingerprint density at radius 3 is 1.63 bits per heavy atom. The Hall–Kier alpha value is -1.51. The topological polar surface area (TPSA) is 41.1 Å². The van der Waals surface area contributed by atoms with Crippen LogP contribution in [0.25, 0.3) is 0 Å². The average Bonchev–Trinajstić information content (AvgIpc) is 2.26. The van der Waals surface area contributed by atoms with Gasteiger partial charge in [-0.2, -0.15) is 0 Å². The molecule has 0 radical (unpaired) electrons. The van der Waals surface area contributed by atoms with Crippen LogP contribution in [-0.4, -0.2) is 13.1 Å². The van der Waals surface area contributed by atoms with Gasteiger partial charge in [0.15, 0.2) is 0 Å². The van der Waals surface area contributed by atoms with Crippen molar-refractivity contribution in [2.45, 2.75) is 52.4 Å². The summed E-state index contributed by atoms with van der Waals surface area (Å²) in [6.07, 6.45) is 0. The number of nitrogens with one attached hydrogen (secondary N) is 2. The van der Waals surface area contributed by atoms with E-state index < -0.39 is 0 Å². The van der Waals surface area contributed by atoms with Gasteiger partial charge in [-0.1, -0.05) is 47.6 Å². The van der Waals surface area contributed by atoms with E-state index in [2.05, 4.69) is 58.2 Å². The summed E-state index contributed by atoms with van der Waals surface area (Å²) < 4.78 is 0. The first-order valence-electron chi connectivity index (χ1n) is 6.69. The molecule has 0 fully saturated rings. The smallest absolute Gasteiger partial charge is 0.318 e. The molecule has 1 aromatic rings. The summed E-state index contributed by atoms with van der Waals surface area (Å²) in [6, 6.07) is 6.13. The van der Waals surface area contributed by atoms with Crippen LogP contribution in [0.15, 0.2) is 18.2 Å². The van der Waals surface area contributed by atoms with E-state index in [-0.39, 0.29) is 16.9 Å². The zero-order valence-corrected chi connectivity index (χ0v) is 13.1. The van der Waals surface area contributed by atoms with Crippen molar-refractivity contribution in [3.8, 4) is 0 Å². The summed E-state index contributed by atoms with van der Waals surface area (Å²) in [5.74, 6) is 0. The maximum atomic E-state index is 11.5. The lowest BCUT2D eigenvalue weighted by Gasteiger charge is -2.26. The average molecular weight is 262 g/mol. The monoisotopic (exact) mass is 262 g/mol. The van der Waals surface area contributed by atoms with Crippen LogP contribution in [0.1, 0.15) is 52.7 Å². The predicted molar refractivity (Wildman–Crippen MR) is 81.9 cm³/mol. The summed E-state index contributed by atoms with van der Waals surface area (Å²) in [4.78, 5) is 11.5. The van der Waals surface area contributed by atoms with Crippen molar-refractivity contribution in [1.82, 2.24) is 5.32 Å². The van der Waals surface area contributed by atoms with Crippen LogP contribution in [0.3, 0.4) is 0 Å². The van der Waals surface area contributed by atoms with Gasteiger partial charge in [-0.3, -0.25) is 0 Å². The first-order chi connectivity index (χ1) is 8.54. The molecule has 2 N–H and O–H groups in total. The van der Waals surface area contributed by atoms with Crippen LogP contribution in [0, 0.1) is 0 Å². The van der Waals surface area contributed by atoms with Crippen LogP contribution < -0.4 is 10.6 Å². The Labute approximate surface area is 116 Å². The highest BCUT2D eigenvalue weighted by Crippen LogP contribution is 2.31. The van der Waals surface area contributed by atoms with Crippen LogP contribution in [0.4, 0.5) is 10.5 Å². The second-order valence-electron chi connectivity index (χ2n) is 7.00. The number of hydrogen-bond acceptors (Lipinski definition) is 1. The molecule has 0 atom stereocenters. The van der Waals surface area contributed by atoms with Crippen molar-refractivity contribution in [1.29, 1.82) is 0 Å². The van der Waals surface area contributed by atoms with E-state index in [0.29, 0.717) is 0 Å². The predicted octanol–water partition coefficient (Wildman–Crippen LogP) is 4.03. The van der Waals surface area contributed by atoms with E-state index in [9.17, 15) is 4.79 Å². The normalized spacial score (nSPS) is 12.2. The molecule has 19 heavy (non-hydrogen) atoms. The molecule has 3 nitrogen and oxygen atoms in total. The third-order valence-electron chi connectivity index (χ3n) is 3.15. The van der Waals surface area contributed by atoms with Gasteiger partial charge in [-0.05, 0) is 34.1 Å². The molecule has 1 rings (SSSR count). The molecule has 0 aliphatic rings. The Balaban J connectivity index is 3.29. The zero-order valence-electron chi connectivity index (χ0n) is 13.1. The lowest BCUT2D eigenvalue weighted by atomic mass is 9.80. The molecule has 0 aliphatic carbocycles. The van der Waals surface area contributed by atoms with Crippen molar-refractivity contribution in [3.05, 3.63) is 29.3 Å². The number of amides is 2. The molecule has 0 bridgehead atoms. The Morgan fingerprint density at radius 2 is 1.32 bits per heavy atom. The van der Waals surface area contributed by atoms with E-state index in [4.69, 9.17) is 0 Å². The molecular weight excluding hydrogens is 236 g/mol. The third-order valence-corrected chi connectivity index (χ3v) is 3.15. The fourth-order valence-corrected chi connectivity index (χ4v) is 1.76. The van der Waals surface area contributed by atoms with Gasteiger partial charge in [-0.25, -0.2) is 4.79 Å². The van der Waals surface area contributed by atoms with Gasteiger partial charge in [0, 0.05) is 12.7 Å². The maximum absolute atomic E-state index is 11.5. The Bertz CT molecular complexity index is 432. The lowest BCUT2D eigenvalue weighted by Crippen LogP contribution is -2.25. The molecule has 0 aliphatic heterocycles. The minimum atomic E-state index is -0.189. The second kappa shape index (κ2) is 5.24. The van der Waals surface area contributed by atoms with E-state index in [1.807, 2.05) is 12.1 Å². The lowest BCUT2D eigenvalue weighted by molar-refractivity contribution is 0.254. The summed E-state index contributed by atoms with van der Waals surface area (Å²) >= 11 is 0. The number of carbonyl (C=O) groups is 1. The van der Waals surface area contributed by atoms with Gasteiger partial charge in [-0.15, -0.1) is 0 Å². The molecule has 106 valence electrons. The molecule has 0 unspecified atom stereocenters. The molecule has 0 heterocycles. The largest absolute Gasteiger partial charge is 0.341 e. The fourth-order valence-electron chi connectivity index (χ4n) is 1.76. The molecular formula is C16H26N2O. The summed E-state index contributed by atoms with van der Waals surface area (Å²) in [6.45, 7) is 13.1. The van der Waals surface area contributed by atoms with Gasteiger partial charge in [0.05, 0.1) is 0 Å². The number of rotatable bonds is 1. The highest BCUT2D eigenvalue weighted by atomic mass is 16.2. The van der Waals surface area contributed by atoms with Crippen molar-refractivity contribution in [2.24, 2.45) is 0 Å². The van der Waals surface area contributed by atoms with Crippen LogP contribution in [-0.2, 0) is 10.8 Å². The van der Waals surface area contributed by atoms with E-state index >= 15 is 0 Å². The zero-order chi connectivity index (χ0) is 14.8. The summed E-state index contributed by atoms with van der Waals surface area (Å²) in [7, 11) is 1.62. The summed E-state index contributed by atoms with van der Waals surface area (Å²) in [5, 5.41) is 5.45. The highest BCUT2D eigenvalue weighted by Gasteiger charge is 2.20. The Morgan fingerprint density at radius 1 is 0.895 bits per heavy atom. The van der Waals surface area contributed by atoms with Gasteiger partial charge < -0.3 is 10.6 Å². The minimum absolute atomic E-state index is 0.0559. The van der Waals surface area contributed by atoms with Gasteiger partial charge in [0.1, 0.15) is 0 Å². The molecule has 0 aromatic heterocycles. The second-order valence-corrected chi connectivity index (χ2v) is 7.00. The van der Waals surface area contributed by atoms with Gasteiger partial charge in [0.2, 0.25) is 0 Å². The number of benzene rings is 1. The maximum Gasteiger partial charge on any atom is 0.318 e.